The summed E-state index contributed by atoms with van der Waals surface area (Å²) < 4.78 is 17.9. The molecule has 0 aromatic heterocycles. The maximum absolute atomic E-state index is 13.0. The third-order valence-corrected chi connectivity index (χ3v) is 2.20. The van der Waals surface area contributed by atoms with Crippen molar-refractivity contribution in [1.82, 2.24) is 0 Å². The average molecular weight is 253 g/mol. The van der Waals surface area contributed by atoms with E-state index in [1.807, 2.05) is 0 Å². The third kappa shape index (κ3) is 3.27. The summed E-state index contributed by atoms with van der Waals surface area (Å²) in [5.74, 6) is -0.721. The van der Waals surface area contributed by atoms with Crippen LogP contribution in [0.4, 0.5) is 10.1 Å². The van der Waals surface area contributed by atoms with E-state index in [1.165, 1.54) is 33.1 Å². The van der Waals surface area contributed by atoms with Crippen LogP contribution in [0, 0.1) is 11.2 Å². The summed E-state index contributed by atoms with van der Waals surface area (Å²) >= 11 is 0. The summed E-state index contributed by atoms with van der Waals surface area (Å²) in [4.78, 5) is 3.86. The highest BCUT2D eigenvalue weighted by Crippen LogP contribution is 2.14. The summed E-state index contributed by atoms with van der Waals surface area (Å²) in [6.07, 6.45) is 0. The molecule has 0 saturated heterocycles. The zero-order valence-electron chi connectivity index (χ0n) is 10.5. The van der Waals surface area contributed by atoms with Crippen LogP contribution in [0.5, 0.6) is 0 Å². The van der Waals surface area contributed by atoms with Gasteiger partial charge in [0.15, 0.2) is 5.84 Å². The number of rotatable bonds is 2. The smallest absolute Gasteiger partial charge is 0.222 e. The molecule has 0 unspecified atom stereocenters. The van der Waals surface area contributed by atoms with Crippen LogP contribution in [0.3, 0.4) is 0 Å². The van der Waals surface area contributed by atoms with Crippen molar-refractivity contribution in [3.63, 3.8) is 0 Å². The molecule has 6 heteroatoms. The Morgan fingerprint density at radius 2 is 2.11 bits per heavy atom. The Labute approximate surface area is 105 Å². The molecular weight excluding hydrogens is 237 g/mol. The summed E-state index contributed by atoms with van der Waals surface area (Å²) in [6, 6.07) is 3.85. The molecular formula is C12H16FN3O2. The second kappa shape index (κ2) is 5.14. The second-order valence-corrected chi connectivity index (χ2v) is 4.26. The Bertz CT molecular complexity index is 493. The molecule has 0 aliphatic carbocycles. The number of nitrogen functional groups attached to an aromatic ring is 1. The molecule has 1 rings (SSSR count). The predicted molar refractivity (Wildman–Crippen MR) is 68.4 cm³/mol. The molecule has 4 N–H and O–H groups in total. The number of anilines is 1. The van der Waals surface area contributed by atoms with Crippen LogP contribution in [-0.2, 0) is 4.74 Å². The van der Waals surface area contributed by atoms with Gasteiger partial charge >= 0.3 is 0 Å². The Hall–Kier alpha value is -1.95. The first-order valence-corrected chi connectivity index (χ1v) is 5.25. The summed E-state index contributed by atoms with van der Waals surface area (Å²) in [5.41, 5.74) is 4.39. The van der Waals surface area contributed by atoms with Crippen LogP contribution < -0.4 is 5.73 Å². The number of amidine groups is 1. The van der Waals surface area contributed by atoms with Crippen molar-refractivity contribution in [3.05, 3.63) is 29.6 Å². The molecule has 0 radical (unpaired) electrons. The number of benzene rings is 1. The topological polar surface area (TPSA) is 91.7 Å². The lowest BCUT2D eigenvalue weighted by atomic mass is 10.1. The first kappa shape index (κ1) is 14.1. The van der Waals surface area contributed by atoms with E-state index in [9.17, 15) is 9.50 Å². The van der Waals surface area contributed by atoms with Gasteiger partial charge in [0.25, 0.3) is 0 Å². The van der Waals surface area contributed by atoms with Gasteiger partial charge in [0.05, 0.1) is 12.8 Å². The Morgan fingerprint density at radius 3 is 2.56 bits per heavy atom. The van der Waals surface area contributed by atoms with Gasteiger partial charge in [-0.3, -0.25) is 5.41 Å². The Morgan fingerprint density at radius 1 is 1.50 bits per heavy atom. The zero-order chi connectivity index (χ0) is 13.9. The fraction of sp³-hybridized carbons (Fsp3) is 0.333. The maximum Gasteiger partial charge on any atom is 0.222 e. The number of hydrogen-bond donors (Lipinski definition) is 3. The quantitative estimate of drug-likeness (QED) is 0.424. The maximum atomic E-state index is 13.0. The van der Waals surface area contributed by atoms with E-state index >= 15 is 0 Å². The van der Waals surface area contributed by atoms with Gasteiger partial charge in [0, 0.05) is 5.56 Å². The van der Waals surface area contributed by atoms with E-state index in [0.717, 1.165) is 6.07 Å². The molecule has 0 bridgehead atoms. The van der Waals surface area contributed by atoms with Gasteiger partial charge in [-0.25, -0.2) is 4.39 Å². The van der Waals surface area contributed by atoms with Crippen LogP contribution >= 0.6 is 0 Å². The highest BCUT2D eigenvalue weighted by Gasteiger charge is 2.23. The normalized spacial score (nSPS) is 12.4. The van der Waals surface area contributed by atoms with Crippen LogP contribution in [0.1, 0.15) is 19.4 Å². The molecule has 1 aromatic rings. The number of ether oxygens (including phenoxy) is 1. The molecule has 98 valence electrons. The van der Waals surface area contributed by atoms with Gasteiger partial charge < -0.3 is 15.6 Å². The van der Waals surface area contributed by atoms with Gasteiger partial charge in [-0.1, -0.05) is 0 Å². The molecule has 0 heterocycles. The Kier molecular flexibility index (Phi) is 4.03. The number of methoxy groups -OCH3 is 1. The monoisotopic (exact) mass is 253 g/mol. The largest absolute Gasteiger partial charge is 0.482 e. The highest BCUT2D eigenvalue weighted by atomic mass is 19.1. The van der Waals surface area contributed by atoms with Crippen LogP contribution in [-0.4, -0.2) is 29.6 Å². The Balaban J connectivity index is 3.07. The van der Waals surface area contributed by atoms with E-state index in [2.05, 4.69) is 4.99 Å². The molecule has 5 nitrogen and oxygen atoms in total. The minimum Gasteiger partial charge on any atom is -0.482 e. The van der Waals surface area contributed by atoms with Crippen molar-refractivity contribution in [2.45, 2.75) is 19.4 Å². The molecule has 0 saturated carbocycles. The first-order chi connectivity index (χ1) is 8.25. The van der Waals surface area contributed by atoms with Crippen molar-refractivity contribution in [3.8, 4) is 0 Å². The minimum absolute atomic E-state index is 0.00426. The molecule has 18 heavy (non-hydrogen) atoms. The number of hydrogen-bond acceptors (Lipinski definition) is 4. The fourth-order valence-corrected chi connectivity index (χ4v) is 1.29. The molecule has 0 spiro atoms. The van der Waals surface area contributed by atoms with E-state index in [0.29, 0.717) is 5.56 Å². The van der Waals surface area contributed by atoms with E-state index in [-0.39, 0.29) is 17.4 Å². The van der Waals surface area contributed by atoms with E-state index in [4.69, 9.17) is 15.9 Å². The minimum atomic E-state index is -1.30. The van der Waals surface area contributed by atoms with Crippen molar-refractivity contribution < 1.29 is 14.2 Å². The first-order valence-electron chi connectivity index (χ1n) is 5.25. The van der Waals surface area contributed by atoms with Gasteiger partial charge in [-0.15, -0.1) is 0 Å². The average Bonchev–Trinajstić information content (AvgIpc) is 2.27. The number of nitrogens with zero attached hydrogens (tertiary/aromatic N) is 1. The molecule has 1 aromatic carbocycles. The zero-order valence-corrected chi connectivity index (χ0v) is 10.5. The number of nitrogens with one attached hydrogen (secondary N) is 1. The second-order valence-electron chi connectivity index (χ2n) is 4.26. The number of aliphatic hydroxyl groups is 1. The lowest BCUT2D eigenvalue weighted by Crippen LogP contribution is -2.33. The van der Waals surface area contributed by atoms with Crippen molar-refractivity contribution >= 4 is 17.4 Å². The van der Waals surface area contributed by atoms with Gasteiger partial charge in [0.1, 0.15) is 11.4 Å². The van der Waals surface area contributed by atoms with Gasteiger partial charge in [-0.2, -0.15) is 4.99 Å². The molecule has 0 aliphatic rings. The molecule has 0 fully saturated rings. The fourth-order valence-electron chi connectivity index (χ4n) is 1.29. The third-order valence-electron chi connectivity index (χ3n) is 2.20. The molecule has 0 aliphatic heterocycles. The van der Waals surface area contributed by atoms with Crippen LogP contribution in [0.2, 0.25) is 0 Å². The molecule has 0 amide bonds. The lowest BCUT2D eigenvalue weighted by Gasteiger charge is -2.18. The highest BCUT2D eigenvalue weighted by molar-refractivity contribution is 6.05. The number of aliphatic imine (C=N–C) groups is 1. The van der Waals surface area contributed by atoms with Crippen LogP contribution in [0.25, 0.3) is 0 Å². The predicted octanol–water partition coefficient (Wildman–Crippen LogP) is 1.55. The summed E-state index contributed by atoms with van der Waals surface area (Å²) in [7, 11) is 1.35. The standard InChI is InChI=1S/C12H16FN3O2/c1-12(2,17)11(18-3)16-10(15)7-4-5-8(13)9(14)6-7/h4-6,15,17H,14H2,1-3H3. The van der Waals surface area contributed by atoms with E-state index in [1.54, 1.807) is 0 Å². The molecule has 0 atom stereocenters. The van der Waals surface area contributed by atoms with Crippen molar-refractivity contribution in [2.24, 2.45) is 4.99 Å². The van der Waals surface area contributed by atoms with Crippen molar-refractivity contribution in [1.29, 1.82) is 5.41 Å². The van der Waals surface area contributed by atoms with Crippen LogP contribution in [0.15, 0.2) is 23.2 Å². The van der Waals surface area contributed by atoms with Crippen molar-refractivity contribution in [2.75, 3.05) is 12.8 Å². The van der Waals surface area contributed by atoms with E-state index < -0.39 is 11.4 Å². The summed E-state index contributed by atoms with van der Waals surface area (Å²) in [6.45, 7) is 2.98. The van der Waals surface area contributed by atoms with Gasteiger partial charge in [0.2, 0.25) is 5.90 Å². The number of nitrogens with two attached hydrogens (primary N) is 1. The lowest BCUT2D eigenvalue weighted by molar-refractivity contribution is 0.124. The number of halogens is 1. The summed E-state index contributed by atoms with van der Waals surface area (Å²) in [5, 5.41) is 17.5. The SMILES string of the molecule is COC(=NC(=N)c1ccc(F)c(N)c1)C(C)(C)O. The van der Waals surface area contributed by atoms with Gasteiger partial charge in [-0.05, 0) is 32.0 Å².